The highest BCUT2D eigenvalue weighted by Gasteiger charge is 2.70. The molecule has 9 nitrogen and oxygen atoms in total. The molecular weight excluding hydrogens is 442 g/mol. The highest BCUT2D eigenvalue weighted by Crippen LogP contribution is 2.68. The molecule has 1 spiro atoms. The third-order valence-corrected chi connectivity index (χ3v) is 8.11. The Morgan fingerprint density at radius 2 is 1.94 bits per heavy atom. The number of nitrogens with one attached hydrogen (secondary N) is 4. The molecule has 1 saturated heterocycles. The summed E-state index contributed by atoms with van der Waals surface area (Å²) in [6, 6.07) is -0.134. The van der Waals surface area contributed by atoms with E-state index in [0.717, 1.165) is 17.2 Å². The molecule has 3 atom stereocenters. The normalized spacial score (nSPS) is 31.4. The van der Waals surface area contributed by atoms with Crippen molar-refractivity contribution in [1.29, 1.82) is 10.8 Å². The van der Waals surface area contributed by atoms with Crippen LogP contribution in [0.3, 0.4) is 0 Å². The maximum atomic E-state index is 13.7. The Morgan fingerprint density at radius 1 is 1.21 bits per heavy atom. The molecule has 11 heteroatoms. The van der Waals surface area contributed by atoms with Gasteiger partial charge in [-0.25, -0.2) is 8.78 Å². The van der Waals surface area contributed by atoms with Gasteiger partial charge >= 0.3 is 0 Å². The number of halogens is 2. The molecule has 0 radical (unpaired) electrons. The molecule has 1 aromatic rings. The summed E-state index contributed by atoms with van der Waals surface area (Å²) in [6.45, 7) is 7.72. The van der Waals surface area contributed by atoms with Gasteiger partial charge in [-0.15, -0.1) is 0 Å². The van der Waals surface area contributed by atoms with Crippen LogP contribution in [0.5, 0.6) is 0 Å². The van der Waals surface area contributed by atoms with Crippen molar-refractivity contribution in [2.75, 3.05) is 42.2 Å². The van der Waals surface area contributed by atoms with Gasteiger partial charge in [-0.2, -0.15) is 9.97 Å². The second kappa shape index (κ2) is 6.57. The molecule has 3 unspecified atom stereocenters. The van der Waals surface area contributed by atoms with Gasteiger partial charge in [0, 0.05) is 74.8 Å². The number of ether oxygens (including phenoxy) is 1. The van der Waals surface area contributed by atoms with Crippen LogP contribution in [0, 0.1) is 22.2 Å². The Hall–Kier alpha value is -2.98. The first-order valence-corrected chi connectivity index (χ1v) is 11.8. The Bertz CT molecular complexity index is 1140. The Balaban J connectivity index is 1.24. The average Bonchev–Trinajstić information content (AvgIpc) is 3.09. The summed E-state index contributed by atoms with van der Waals surface area (Å²) in [5.74, 6) is -0.358. The number of hydrogen-bond donors (Lipinski definition) is 4. The first kappa shape index (κ1) is 21.5. The molecule has 4 N–H and O–H groups in total. The van der Waals surface area contributed by atoms with Gasteiger partial charge in [0.2, 0.25) is 5.95 Å². The minimum Gasteiger partial charge on any atom is -0.412 e. The van der Waals surface area contributed by atoms with Gasteiger partial charge in [-0.3, -0.25) is 10.8 Å². The van der Waals surface area contributed by atoms with Gasteiger partial charge < -0.3 is 25.2 Å². The highest BCUT2D eigenvalue weighted by molar-refractivity contribution is 5.86. The summed E-state index contributed by atoms with van der Waals surface area (Å²) < 4.78 is 32.5. The molecular formula is C23H30F2N8O. The minimum atomic E-state index is -2.59. The molecule has 0 aromatic carbocycles. The molecule has 1 aromatic heterocycles. The summed E-state index contributed by atoms with van der Waals surface area (Å²) in [5.41, 5.74) is 2.03. The van der Waals surface area contributed by atoms with Crippen LogP contribution in [0.25, 0.3) is 0 Å². The van der Waals surface area contributed by atoms with Crippen molar-refractivity contribution in [2.45, 2.75) is 57.0 Å². The molecule has 2 saturated carbocycles. The molecule has 3 heterocycles. The van der Waals surface area contributed by atoms with E-state index in [0.29, 0.717) is 25.6 Å². The Labute approximate surface area is 197 Å². The first-order chi connectivity index (χ1) is 15.9. The molecule has 34 heavy (non-hydrogen) atoms. The van der Waals surface area contributed by atoms with E-state index in [1.807, 2.05) is 16.8 Å². The van der Waals surface area contributed by atoms with Crippen molar-refractivity contribution in [3.05, 3.63) is 17.2 Å². The fourth-order valence-electron chi connectivity index (χ4n) is 6.44. The monoisotopic (exact) mass is 472 g/mol. The predicted octanol–water partition coefficient (Wildman–Crippen LogP) is 3.01. The van der Waals surface area contributed by atoms with Crippen LogP contribution >= 0.6 is 0 Å². The van der Waals surface area contributed by atoms with Crippen molar-refractivity contribution < 1.29 is 13.5 Å². The topological polar surface area (TPSA) is 113 Å². The molecule has 2 aliphatic heterocycles. The van der Waals surface area contributed by atoms with Crippen LogP contribution in [0.15, 0.2) is 11.6 Å². The Morgan fingerprint density at radius 3 is 2.59 bits per heavy atom. The van der Waals surface area contributed by atoms with E-state index in [2.05, 4.69) is 30.6 Å². The van der Waals surface area contributed by atoms with E-state index in [9.17, 15) is 8.78 Å². The average molecular weight is 473 g/mol. The van der Waals surface area contributed by atoms with Gasteiger partial charge in [-0.05, 0) is 5.57 Å². The van der Waals surface area contributed by atoms with Crippen molar-refractivity contribution in [1.82, 2.24) is 14.9 Å². The van der Waals surface area contributed by atoms with Crippen molar-refractivity contribution >= 4 is 29.5 Å². The fraction of sp³-hybridized carbons (Fsp3) is 0.652. The van der Waals surface area contributed by atoms with Gasteiger partial charge in [0.25, 0.3) is 11.9 Å². The molecule has 0 bridgehead atoms. The number of nitrogens with zero attached hydrogens (tertiary/aromatic N) is 4. The molecule has 3 aliphatic carbocycles. The quantitative estimate of drug-likeness (QED) is 0.303. The van der Waals surface area contributed by atoms with Crippen LogP contribution in [-0.2, 0) is 10.2 Å². The zero-order chi connectivity index (χ0) is 24.2. The molecule has 3 fully saturated rings. The lowest BCUT2D eigenvalue weighted by Crippen LogP contribution is -2.51. The van der Waals surface area contributed by atoms with Gasteiger partial charge in [0.05, 0.1) is 6.04 Å². The summed E-state index contributed by atoms with van der Waals surface area (Å²) in [5, 5.41) is 22.3. The van der Waals surface area contributed by atoms with E-state index in [-0.39, 0.29) is 53.6 Å². The minimum absolute atomic E-state index is 0.00300. The third-order valence-electron chi connectivity index (χ3n) is 8.11. The largest absolute Gasteiger partial charge is 0.412 e. The number of fused-ring (bicyclic) bond motifs is 1. The Kier molecular flexibility index (Phi) is 4.17. The summed E-state index contributed by atoms with van der Waals surface area (Å²) in [4.78, 5) is 13.5. The second-order valence-electron chi connectivity index (χ2n) is 11.0. The second-order valence-corrected chi connectivity index (χ2v) is 11.0. The maximum Gasteiger partial charge on any atom is 0.291 e. The van der Waals surface area contributed by atoms with Crippen molar-refractivity contribution in [2.24, 2.45) is 11.3 Å². The van der Waals surface area contributed by atoms with Crippen LogP contribution in [0.2, 0.25) is 0 Å². The zero-order valence-corrected chi connectivity index (χ0v) is 19.8. The summed E-state index contributed by atoms with van der Waals surface area (Å²) in [6.07, 6.45) is 1.98. The molecule has 182 valence electrons. The van der Waals surface area contributed by atoms with Crippen LogP contribution in [-0.4, -0.2) is 71.5 Å². The van der Waals surface area contributed by atoms with Crippen molar-refractivity contribution in [3.63, 3.8) is 0 Å². The van der Waals surface area contributed by atoms with Gasteiger partial charge in [0.1, 0.15) is 11.6 Å². The lowest BCUT2D eigenvalue weighted by Gasteiger charge is -2.42. The smallest absolute Gasteiger partial charge is 0.291 e. The number of amidine groups is 1. The summed E-state index contributed by atoms with van der Waals surface area (Å²) >= 11 is 0. The standard InChI is InChI=1S/C23H30F2N8O/c1-11(26)34-19(27)32-8-14-16(13-7-22(13,14)10-32)29-20-30-17(28-4)15-18(31-20)33(9-21(15,2)3)12-5-23(24,25)6-12/h7,12,14,16,26-27H,5-6,8-10H2,1-4H3,(H2,28,29,30,31). The molecule has 0 amide bonds. The number of hydrogen-bond acceptors (Lipinski definition) is 8. The SMILES string of the molecule is CNc1nc(NC2C3=CC34CN(C(=N)OC(C)=N)CC24)nc2c1C(C)(C)CN2C1CC(F)(F)C1. The van der Waals surface area contributed by atoms with E-state index in [4.69, 9.17) is 25.5 Å². The highest BCUT2D eigenvalue weighted by atomic mass is 19.3. The maximum absolute atomic E-state index is 13.7. The van der Waals surface area contributed by atoms with E-state index in [1.54, 1.807) is 0 Å². The zero-order valence-electron chi connectivity index (χ0n) is 19.8. The molecule has 6 rings (SSSR count). The summed E-state index contributed by atoms with van der Waals surface area (Å²) in [7, 11) is 1.83. The van der Waals surface area contributed by atoms with Crippen LogP contribution < -0.4 is 15.5 Å². The van der Waals surface area contributed by atoms with Crippen LogP contribution in [0.4, 0.5) is 26.4 Å². The number of rotatable bonds is 4. The third kappa shape index (κ3) is 2.94. The van der Waals surface area contributed by atoms with E-state index < -0.39 is 5.92 Å². The lowest BCUT2D eigenvalue weighted by molar-refractivity contribution is -0.0859. The number of alkyl halides is 2. The predicted molar refractivity (Wildman–Crippen MR) is 125 cm³/mol. The first-order valence-electron chi connectivity index (χ1n) is 11.8. The van der Waals surface area contributed by atoms with E-state index >= 15 is 0 Å². The number of aromatic nitrogens is 2. The lowest BCUT2D eigenvalue weighted by atomic mass is 9.69. The molecule has 5 aliphatic rings. The van der Waals surface area contributed by atoms with Crippen LogP contribution in [0.1, 0.15) is 39.2 Å². The van der Waals surface area contributed by atoms with Gasteiger partial charge in [-0.1, -0.05) is 19.9 Å². The van der Waals surface area contributed by atoms with Gasteiger partial charge in [0.15, 0.2) is 5.90 Å². The number of likely N-dealkylation sites (tertiary alicyclic amines) is 1. The van der Waals surface area contributed by atoms with E-state index in [1.165, 1.54) is 12.5 Å². The number of anilines is 3. The van der Waals surface area contributed by atoms with Crippen molar-refractivity contribution in [3.8, 4) is 0 Å². The fourth-order valence-corrected chi connectivity index (χ4v) is 6.44.